The summed E-state index contributed by atoms with van der Waals surface area (Å²) in [5.74, 6) is 0.461. The number of hydrogen-bond donors (Lipinski definition) is 0. The maximum atomic E-state index is 12.0. The van der Waals surface area contributed by atoms with Gasteiger partial charge in [0.2, 0.25) is 0 Å². The van der Waals surface area contributed by atoms with E-state index in [0.29, 0.717) is 18.7 Å². The van der Waals surface area contributed by atoms with Crippen molar-refractivity contribution in [3.63, 3.8) is 0 Å². The molecule has 4 aromatic rings. The average molecular weight is 331 g/mol. The minimum atomic E-state index is -0.342. The Morgan fingerprint density at radius 1 is 0.800 bits per heavy atom. The smallest absolute Gasteiger partial charge is 0.420 e. The van der Waals surface area contributed by atoms with Crippen LogP contribution in [0.15, 0.2) is 88.1 Å². The molecule has 0 N–H and O–H groups in total. The highest BCUT2D eigenvalue weighted by molar-refractivity contribution is 5.72. The maximum absolute atomic E-state index is 12.0. The maximum Gasteiger partial charge on any atom is 0.420 e. The highest BCUT2D eigenvalue weighted by Gasteiger charge is 2.08. The van der Waals surface area contributed by atoms with Crippen LogP contribution in [0.2, 0.25) is 0 Å². The number of ether oxygens (including phenoxy) is 1. The summed E-state index contributed by atoms with van der Waals surface area (Å²) in [6.07, 6.45) is 0. The third-order valence-corrected chi connectivity index (χ3v) is 4.09. The number of rotatable bonds is 5. The molecule has 1 heterocycles. The van der Waals surface area contributed by atoms with Gasteiger partial charge in [-0.1, -0.05) is 54.6 Å². The van der Waals surface area contributed by atoms with Crippen LogP contribution in [0.5, 0.6) is 5.75 Å². The lowest BCUT2D eigenvalue weighted by Gasteiger charge is -2.08. The summed E-state index contributed by atoms with van der Waals surface area (Å²) in [6.45, 7) is 1.00. The van der Waals surface area contributed by atoms with E-state index >= 15 is 0 Å². The molecule has 4 rings (SSSR count). The number of oxazole rings is 1. The van der Waals surface area contributed by atoms with Gasteiger partial charge in [-0.3, -0.25) is 4.57 Å². The number of benzene rings is 3. The summed E-state index contributed by atoms with van der Waals surface area (Å²) in [7, 11) is 0. The van der Waals surface area contributed by atoms with E-state index in [0.717, 1.165) is 22.4 Å². The molecule has 25 heavy (non-hydrogen) atoms. The van der Waals surface area contributed by atoms with E-state index in [1.54, 1.807) is 10.6 Å². The Morgan fingerprint density at radius 2 is 1.52 bits per heavy atom. The molecule has 0 atom stereocenters. The van der Waals surface area contributed by atoms with Crippen molar-refractivity contribution in [3.05, 3.63) is 101 Å². The van der Waals surface area contributed by atoms with Gasteiger partial charge in [0.25, 0.3) is 0 Å². The molecule has 0 bridgehead atoms. The van der Waals surface area contributed by atoms with Crippen LogP contribution in [0.4, 0.5) is 0 Å². The molecule has 4 nitrogen and oxygen atoms in total. The van der Waals surface area contributed by atoms with E-state index in [1.165, 1.54) is 0 Å². The zero-order chi connectivity index (χ0) is 17.1. The van der Waals surface area contributed by atoms with Crippen LogP contribution >= 0.6 is 0 Å². The van der Waals surface area contributed by atoms with Gasteiger partial charge < -0.3 is 9.15 Å². The Kier molecular flexibility index (Phi) is 4.09. The molecular formula is C21H17NO3. The van der Waals surface area contributed by atoms with Crippen LogP contribution < -0.4 is 10.5 Å². The Bertz CT molecular complexity index is 1030. The first-order valence-electron chi connectivity index (χ1n) is 8.14. The predicted molar refractivity (Wildman–Crippen MR) is 96.8 cm³/mol. The first kappa shape index (κ1) is 15.3. The topological polar surface area (TPSA) is 44.4 Å². The van der Waals surface area contributed by atoms with Gasteiger partial charge in [0, 0.05) is 0 Å². The van der Waals surface area contributed by atoms with Crippen LogP contribution in [0.25, 0.3) is 11.1 Å². The molecule has 4 heteroatoms. The second-order valence-corrected chi connectivity index (χ2v) is 5.84. The molecule has 0 amide bonds. The van der Waals surface area contributed by atoms with Gasteiger partial charge in [0.1, 0.15) is 12.4 Å². The molecule has 124 valence electrons. The van der Waals surface area contributed by atoms with Crippen molar-refractivity contribution in [2.75, 3.05) is 0 Å². The highest BCUT2D eigenvalue weighted by Crippen LogP contribution is 2.17. The molecule has 1 aromatic heterocycles. The van der Waals surface area contributed by atoms with E-state index in [2.05, 4.69) is 0 Å². The number of aromatic nitrogens is 1. The summed E-state index contributed by atoms with van der Waals surface area (Å²) in [5, 5.41) is 0. The Hall–Kier alpha value is -3.27. The fraction of sp³-hybridized carbons (Fsp3) is 0.0952. The van der Waals surface area contributed by atoms with Gasteiger partial charge in [-0.25, -0.2) is 4.79 Å². The third kappa shape index (κ3) is 3.33. The molecule has 0 spiro atoms. The quantitative estimate of drug-likeness (QED) is 0.550. The van der Waals surface area contributed by atoms with Crippen molar-refractivity contribution in [1.82, 2.24) is 4.57 Å². The van der Waals surface area contributed by atoms with E-state index in [-0.39, 0.29) is 5.76 Å². The fourth-order valence-corrected chi connectivity index (χ4v) is 2.78. The minimum absolute atomic E-state index is 0.342. The first-order chi connectivity index (χ1) is 12.3. The molecule has 0 unspecified atom stereocenters. The molecular weight excluding hydrogens is 314 g/mol. The van der Waals surface area contributed by atoms with Gasteiger partial charge in [-0.05, 0) is 35.4 Å². The number of hydrogen-bond acceptors (Lipinski definition) is 3. The normalized spacial score (nSPS) is 10.9. The van der Waals surface area contributed by atoms with Gasteiger partial charge in [0.15, 0.2) is 5.58 Å². The summed E-state index contributed by atoms with van der Waals surface area (Å²) >= 11 is 0. The summed E-state index contributed by atoms with van der Waals surface area (Å²) in [4.78, 5) is 12.0. The lowest BCUT2D eigenvalue weighted by Crippen LogP contribution is -2.14. The van der Waals surface area contributed by atoms with Crippen molar-refractivity contribution in [2.45, 2.75) is 13.2 Å². The lowest BCUT2D eigenvalue weighted by atomic mass is 10.2. The van der Waals surface area contributed by atoms with Gasteiger partial charge in [-0.2, -0.15) is 0 Å². The van der Waals surface area contributed by atoms with Crippen molar-refractivity contribution < 1.29 is 9.15 Å². The molecule has 0 aliphatic rings. The van der Waals surface area contributed by atoms with E-state index < -0.39 is 0 Å². The summed E-state index contributed by atoms with van der Waals surface area (Å²) in [6, 6.07) is 25.3. The van der Waals surface area contributed by atoms with Crippen molar-refractivity contribution in [3.8, 4) is 5.75 Å². The Balaban J connectivity index is 1.48. The molecule has 0 aliphatic carbocycles. The average Bonchev–Trinajstić information content (AvgIpc) is 2.97. The van der Waals surface area contributed by atoms with Crippen molar-refractivity contribution >= 4 is 11.1 Å². The highest BCUT2D eigenvalue weighted by atomic mass is 16.5. The van der Waals surface area contributed by atoms with Gasteiger partial charge >= 0.3 is 5.76 Å². The first-order valence-corrected chi connectivity index (χ1v) is 8.14. The van der Waals surface area contributed by atoms with Crippen LogP contribution in [0, 0.1) is 0 Å². The van der Waals surface area contributed by atoms with Crippen LogP contribution in [-0.4, -0.2) is 4.57 Å². The molecule has 0 fully saturated rings. The Morgan fingerprint density at radius 3 is 2.32 bits per heavy atom. The SMILES string of the molecule is O=c1oc2ccccc2n1Cc1ccc(OCc2ccccc2)cc1. The fourth-order valence-electron chi connectivity index (χ4n) is 2.78. The molecule has 3 aromatic carbocycles. The monoisotopic (exact) mass is 331 g/mol. The van der Waals surface area contributed by atoms with Gasteiger partial charge in [0.05, 0.1) is 12.1 Å². The van der Waals surface area contributed by atoms with Crippen LogP contribution in [0.3, 0.4) is 0 Å². The second-order valence-electron chi connectivity index (χ2n) is 5.84. The lowest BCUT2D eigenvalue weighted by molar-refractivity contribution is 0.306. The largest absolute Gasteiger partial charge is 0.489 e. The Labute approximate surface area is 144 Å². The van der Waals surface area contributed by atoms with Crippen LogP contribution in [-0.2, 0) is 13.2 Å². The van der Waals surface area contributed by atoms with Crippen LogP contribution in [0.1, 0.15) is 11.1 Å². The summed E-state index contributed by atoms with van der Waals surface area (Å²) in [5.41, 5.74) is 3.55. The number of para-hydroxylation sites is 2. The van der Waals surface area contributed by atoms with E-state index in [4.69, 9.17) is 9.15 Å². The van der Waals surface area contributed by atoms with Crippen molar-refractivity contribution in [1.29, 1.82) is 0 Å². The summed E-state index contributed by atoms with van der Waals surface area (Å²) < 4.78 is 12.7. The number of nitrogens with zero attached hydrogens (tertiary/aromatic N) is 1. The molecule has 0 saturated carbocycles. The zero-order valence-electron chi connectivity index (χ0n) is 13.6. The molecule has 0 radical (unpaired) electrons. The third-order valence-electron chi connectivity index (χ3n) is 4.09. The van der Waals surface area contributed by atoms with E-state index in [9.17, 15) is 4.79 Å². The molecule has 0 aliphatic heterocycles. The predicted octanol–water partition coefficient (Wildman–Crippen LogP) is 4.22. The van der Waals surface area contributed by atoms with Gasteiger partial charge in [-0.15, -0.1) is 0 Å². The second kappa shape index (κ2) is 6.69. The zero-order valence-corrected chi connectivity index (χ0v) is 13.6. The standard InChI is InChI=1S/C21H17NO3/c23-21-22(19-8-4-5-9-20(19)25-21)14-16-10-12-18(13-11-16)24-15-17-6-2-1-3-7-17/h1-13H,14-15H2. The van der Waals surface area contributed by atoms with E-state index in [1.807, 2.05) is 72.8 Å². The van der Waals surface area contributed by atoms with Crippen molar-refractivity contribution in [2.24, 2.45) is 0 Å². The molecule has 0 saturated heterocycles. The minimum Gasteiger partial charge on any atom is -0.489 e. The number of fused-ring (bicyclic) bond motifs is 1.